The lowest BCUT2D eigenvalue weighted by molar-refractivity contribution is 0.0985. The second-order valence-electron chi connectivity index (χ2n) is 5.42. The van der Waals surface area contributed by atoms with Gasteiger partial charge in [-0.1, -0.05) is 0 Å². The minimum atomic E-state index is -0.183. The van der Waals surface area contributed by atoms with E-state index in [1.54, 1.807) is 31.3 Å². The number of methoxy groups -OCH3 is 1. The molecule has 0 radical (unpaired) electrons. The molecule has 1 aliphatic heterocycles. The summed E-state index contributed by atoms with van der Waals surface area (Å²) < 4.78 is 6.69. The van der Waals surface area contributed by atoms with Gasteiger partial charge in [0.25, 0.3) is 11.5 Å². The maximum absolute atomic E-state index is 12.7. The number of fused-ring (bicyclic) bond motifs is 1. The van der Waals surface area contributed by atoms with Gasteiger partial charge in [-0.2, -0.15) is 0 Å². The lowest BCUT2D eigenvalue weighted by Crippen LogP contribution is -2.36. The molecule has 5 heteroatoms. The fourth-order valence-electron chi connectivity index (χ4n) is 2.75. The predicted molar refractivity (Wildman–Crippen MR) is 84.7 cm³/mol. The van der Waals surface area contributed by atoms with Gasteiger partial charge in [-0.15, -0.1) is 0 Å². The average Bonchev–Trinajstić information content (AvgIpc) is 2.55. The Morgan fingerprint density at radius 3 is 2.77 bits per heavy atom. The molecular weight excluding hydrogens is 280 g/mol. The van der Waals surface area contributed by atoms with E-state index in [0.717, 1.165) is 29.8 Å². The summed E-state index contributed by atoms with van der Waals surface area (Å²) in [6, 6.07) is 8.81. The third-order valence-corrected chi connectivity index (χ3v) is 4.00. The number of ether oxygens (including phenoxy) is 1. The molecule has 0 bridgehead atoms. The van der Waals surface area contributed by atoms with Gasteiger partial charge in [0.05, 0.1) is 7.11 Å². The van der Waals surface area contributed by atoms with Gasteiger partial charge < -0.3 is 14.2 Å². The highest BCUT2D eigenvalue weighted by atomic mass is 16.5. The van der Waals surface area contributed by atoms with E-state index in [4.69, 9.17) is 4.74 Å². The number of amides is 1. The molecule has 0 saturated heterocycles. The smallest absolute Gasteiger partial charge is 0.258 e. The number of benzene rings is 1. The molecule has 114 valence electrons. The Labute approximate surface area is 128 Å². The van der Waals surface area contributed by atoms with Crippen molar-refractivity contribution in [3.05, 3.63) is 58.0 Å². The first-order valence-electron chi connectivity index (χ1n) is 7.25. The van der Waals surface area contributed by atoms with Gasteiger partial charge >= 0.3 is 0 Å². The molecule has 2 aromatic rings. The molecule has 0 N–H and O–H groups in total. The zero-order chi connectivity index (χ0) is 15.7. The number of hydrogen-bond donors (Lipinski definition) is 0. The molecule has 0 fully saturated rings. The van der Waals surface area contributed by atoms with Gasteiger partial charge in [0, 0.05) is 37.1 Å². The maximum Gasteiger partial charge on any atom is 0.258 e. The fraction of sp³-hybridized carbons (Fsp3) is 0.294. The van der Waals surface area contributed by atoms with Crippen LogP contribution in [0.5, 0.6) is 5.75 Å². The van der Waals surface area contributed by atoms with Crippen LogP contribution >= 0.6 is 0 Å². The molecule has 2 heterocycles. The summed E-state index contributed by atoms with van der Waals surface area (Å²) in [5, 5.41) is 0. The van der Waals surface area contributed by atoms with E-state index in [9.17, 15) is 9.59 Å². The normalized spacial score (nSPS) is 13.6. The molecule has 0 spiro atoms. The number of hydrogen-bond acceptors (Lipinski definition) is 3. The number of carbonyl (C=O) groups is 1. The van der Waals surface area contributed by atoms with Crippen molar-refractivity contribution in [2.24, 2.45) is 7.05 Å². The maximum atomic E-state index is 12.7. The number of carbonyl (C=O) groups excluding carboxylic acids is 1. The summed E-state index contributed by atoms with van der Waals surface area (Å²) in [6.45, 7) is 0.660. The Balaban J connectivity index is 1.98. The van der Waals surface area contributed by atoms with Crippen molar-refractivity contribution >= 4 is 11.6 Å². The highest BCUT2D eigenvalue weighted by Crippen LogP contribution is 2.31. The standard InChI is InChI=1S/C17H18N2O3/c1-18-9-7-13(11-16(18)20)17(21)19-8-3-4-12-10-14(22-2)5-6-15(12)19/h5-7,9-11H,3-4,8H2,1-2H3. The number of rotatable bonds is 2. The molecule has 1 aliphatic rings. The number of pyridine rings is 1. The Hall–Kier alpha value is -2.56. The summed E-state index contributed by atoms with van der Waals surface area (Å²) >= 11 is 0. The van der Waals surface area contributed by atoms with Crippen LogP contribution in [-0.2, 0) is 13.5 Å². The zero-order valence-electron chi connectivity index (χ0n) is 12.7. The average molecular weight is 298 g/mol. The van der Waals surface area contributed by atoms with Crippen LogP contribution < -0.4 is 15.2 Å². The van der Waals surface area contributed by atoms with Crippen LogP contribution in [0.25, 0.3) is 0 Å². The molecular formula is C17H18N2O3. The van der Waals surface area contributed by atoms with Crippen molar-refractivity contribution < 1.29 is 9.53 Å². The SMILES string of the molecule is COc1ccc2c(c1)CCCN2C(=O)c1ccn(C)c(=O)c1. The van der Waals surface area contributed by atoms with E-state index in [2.05, 4.69) is 0 Å². The Morgan fingerprint density at radius 2 is 2.05 bits per heavy atom. The number of nitrogens with zero attached hydrogens (tertiary/aromatic N) is 2. The number of aryl methyl sites for hydroxylation is 2. The summed E-state index contributed by atoms with van der Waals surface area (Å²) in [7, 11) is 3.30. The minimum absolute atomic E-state index is 0.135. The summed E-state index contributed by atoms with van der Waals surface area (Å²) in [4.78, 5) is 26.2. The number of anilines is 1. The highest BCUT2D eigenvalue weighted by Gasteiger charge is 2.24. The molecule has 0 atom stereocenters. The first kappa shape index (κ1) is 14.4. The Bertz CT molecular complexity index is 780. The van der Waals surface area contributed by atoms with Gasteiger partial charge in [-0.25, -0.2) is 0 Å². The summed E-state index contributed by atoms with van der Waals surface area (Å²) in [5.74, 6) is 0.658. The monoisotopic (exact) mass is 298 g/mol. The van der Waals surface area contributed by atoms with Crippen molar-refractivity contribution in [2.45, 2.75) is 12.8 Å². The van der Waals surface area contributed by atoms with Gasteiger partial charge in [0.2, 0.25) is 0 Å². The van der Waals surface area contributed by atoms with Gasteiger partial charge in [0.15, 0.2) is 0 Å². The van der Waals surface area contributed by atoms with Crippen molar-refractivity contribution in [2.75, 3.05) is 18.6 Å². The minimum Gasteiger partial charge on any atom is -0.497 e. The first-order valence-corrected chi connectivity index (χ1v) is 7.25. The van der Waals surface area contributed by atoms with Crippen molar-refractivity contribution in [1.29, 1.82) is 0 Å². The van der Waals surface area contributed by atoms with E-state index in [1.807, 2.05) is 18.2 Å². The molecule has 22 heavy (non-hydrogen) atoms. The molecule has 0 saturated carbocycles. The van der Waals surface area contributed by atoms with Crippen LogP contribution in [0.4, 0.5) is 5.69 Å². The molecule has 5 nitrogen and oxygen atoms in total. The van der Waals surface area contributed by atoms with E-state index < -0.39 is 0 Å². The van der Waals surface area contributed by atoms with Crippen LogP contribution in [-0.4, -0.2) is 24.1 Å². The van der Waals surface area contributed by atoms with E-state index in [1.165, 1.54) is 10.6 Å². The molecule has 3 rings (SSSR count). The second-order valence-corrected chi connectivity index (χ2v) is 5.42. The van der Waals surface area contributed by atoms with Crippen LogP contribution in [0, 0.1) is 0 Å². The molecule has 1 amide bonds. The van der Waals surface area contributed by atoms with Gasteiger partial charge in [-0.3, -0.25) is 9.59 Å². The van der Waals surface area contributed by atoms with E-state index in [0.29, 0.717) is 12.1 Å². The third kappa shape index (κ3) is 2.50. The molecule has 0 aliphatic carbocycles. The summed E-state index contributed by atoms with van der Waals surface area (Å²) in [6.07, 6.45) is 3.44. The highest BCUT2D eigenvalue weighted by molar-refractivity contribution is 6.06. The lowest BCUT2D eigenvalue weighted by atomic mass is 10.0. The zero-order valence-corrected chi connectivity index (χ0v) is 12.7. The number of aromatic nitrogens is 1. The van der Waals surface area contributed by atoms with E-state index in [-0.39, 0.29) is 11.5 Å². The molecule has 0 unspecified atom stereocenters. The largest absolute Gasteiger partial charge is 0.497 e. The second kappa shape index (κ2) is 5.67. The Kier molecular flexibility index (Phi) is 3.71. The molecule has 1 aromatic heterocycles. The van der Waals surface area contributed by atoms with Crippen molar-refractivity contribution in [3.63, 3.8) is 0 Å². The van der Waals surface area contributed by atoms with Gasteiger partial charge in [-0.05, 0) is 42.7 Å². The quantitative estimate of drug-likeness (QED) is 0.852. The third-order valence-electron chi connectivity index (χ3n) is 4.00. The fourth-order valence-corrected chi connectivity index (χ4v) is 2.75. The lowest BCUT2D eigenvalue weighted by Gasteiger charge is -2.29. The van der Waals surface area contributed by atoms with Crippen molar-refractivity contribution in [3.8, 4) is 5.75 Å². The molecule has 1 aromatic carbocycles. The first-order chi connectivity index (χ1) is 10.6. The van der Waals surface area contributed by atoms with Crippen LogP contribution in [0.15, 0.2) is 41.3 Å². The van der Waals surface area contributed by atoms with Crippen LogP contribution in [0.1, 0.15) is 22.3 Å². The topological polar surface area (TPSA) is 51.5 Å². The predicted octanol–water partition coefficient (Wildman–Crippen LogP) is 1.99. The Morgan fingerprint density at radius 1 is 1.23 bits per heavy atom. The van der Waals surface area contributed by atoms with Crippen LogP contribution in [0.2, 0.25) is 0 Å². The van der Waals surface area contributed by atoms with E-state index >= 15 is 0 Å². The van der Waals surface area contributed by atoms with Gasteiger partial charge in [0.1, 0.15) is 5.75 Å². The summed E-state index contributed by atoms with van der Waals surface area (Å²) in [5.41, 5.74) is 2.24. The van der Waals surface area contributed by atoms with Crippen LogP contribution in [0.3, 0.4) is 0 Å². The van der Waals surface area contributed by atoms with Crippen molar-refractivity contribution in [1.82, 2.24) is 4.57 Å².